The van der Waals surface area contributed by atoms with Crippen LogP contribution in [0.4, 0.5) is 0 Å². The fourth-order valence-corrected chi connectivity index (χ4v) is 3.44. The zero-order valence-electron chi connectivity index (χ0n) is 13.8. The van der Waals surface area contributed by atoms with Crippen LogP contribution in [0, 0.1) is 11.8 Å². The number of carboxylic acids is 1. The van der Waals surface area contributed by atoms with Crippen LogP contribution in [0.25, 0.3) is 11.0 Å². The molecule has 1 aromatic carbocycles. The molecule has 1 aliphatic rings. The summed E-state index contributed by atoms with van der Waals surface area (Å²) in [5, 5.41) is 9.16. The molecule has 1 amide bonds. The number of imidazole rings is 1. The largest absolute Gasteiger partial charge is 0.481 e. The Hall–Kier alpha value is -2.57. The van der Waals surface area contributed by atoms with Crippen molar-refractivity contribution in [2.24, 2.45) is 18.9 Å². The first-order valence-corrected chi connectivity index (χ1v) is 8.05. The lowest BCUT2D eigenvalue weighted by Gasteiger charge is -2.16. The molecule has 1 aromatic heterocycles. The lowest BCUT2D eigenvalue weighted by Crippen LogP contribution is -2.32. The van der Waals surface area contributed by atoms with Crippen LogP contribution in [0.1, 0.15) is 13.3 Å². The van der Waals surface area contributed by atoms with E-state index in [0.717, 1.165) is 11.0 Å². The zero-order valence-corrected chi connectivity index (χ0v) is 13.8. The molecule has 0 radical (unpaired) electrons. The molecular formula is C17H21N3O4. The second-order valence-corrected chi connectivity index (χ2v) is 6.45. The summed E-state index contributed by atoms with van der Waals surface area (Å²) in [6, 6.07) is 7.46. The molecule has 2 atom stereocenters. The standard InChI is InChI=1S/C17H21N3O4/c1-11-9-19(10-12(11)16(22)23)15(21)7-8-20-14-6-4-3-5-13(14)18(2)17(20)24/h3-6,11-12H,7-10H2,1-2H3,(H,22,23)/t11-,12-/m1/s1. The minimum Gasteiger partial charge on any atom is -0.481 e. The maximum Gasteiger partial charge on any atom is 0.328 e. The van der Waals surface area contributed by atoms with Crippen LogP contribution in [0.3, 0.4) is 0 Å². The number of amides is 1. The van der Waals surface area contributed by atoms with Crippen LogP contribution in [-0.4, -0.2) is 44.1 Å². The summed E-state index contributed by atoms with van der Waals surface area (Å²) < 4.78 is 3.17. The average Bonchev–Trinajstić information content (AvgIpc) is 3.06. The van der Waals surface area contributed by atoms with Crippen molar-refractivity contribution in [3.05, 3.63) is 34.7 Å². The average molecular weight is 331 g/mol. The number of aliphatic carboxylic acids is 1. The van der Waals surface area contributed by atoms with Gasteiger partial charge in [0.25, 0.3) is 0 Å². The molecule has 1 N–H and O–H groups in total. The number of nitrogens with zero attached hydrogens (tertiary/aromatic N) is 3. The van der Waals surface area contributed by atoms with Crippen molar-refractivity contribution in [1.29, 1.82) is 0 Å². The fourth-order valence-electron chi connectivity index (χ4n) is 3.44. The lowest BCUT2D eigenvalue weighted by molar-refractivity contribution is -0.142. The van der Waals surface area contributed by atoms with Gasteiger partial charge in [-0.2, -0.15) is 0 Å². The number of rotatable bonds is 4. The summed E-state index contributed by atoms with van der Waals surface area (Å²) >= 11 is 0. The SMILES string of the molecule is C[C@@H]1CN(C(=O)CCn2c(=O)n(C)c3ccccc32)C[C@H]1C(=O)O. The van der Waals surface area contributed by atoms with E-state index in [9.17, 15) is 14.4 Å². The van der Waals surface area contributed by atoms with Crippen LogP contribution < -0.4 is 5.69 Å². The first-order valence-electron chi connectivity index (χ1n) is 8.05. The summed E-state index contributed by atoms with van der Waals surface area (Å²) in [6.45, 7) is 2.85. The third kappa shape index (κ3) is 2.70. The summed E-state index contributed by atoms with van der Waals surface area (Å²) in [5.74, 6) is -1.52. The van der Waals surface area contributed by atoms with Crippen LogP contribution in [0.2, 0.25) is 0 Å². The van der Waals surface area contributed by atoms with Crippen LogP contribution in [0.5, 0.6) is 0 Å². The minimum absolute atomic E-state index is 0.0493. The smallest absolute Gasteiger partial charge is 0.328 e. The van der Waals surface area contributed by atoms with Gasteiger partial charge in [0.05, 0.1) is 17.0 Å². The van der Waals surface area contributed by atoms with Gasteiger partial charge < -0.3 is 10.0 Å². The van der Waals surface area contributed by atoms with E-state index in [2.05, 4.69) is 0 Å². The Morgan fingerprint density at radius 2 is 1.88 bits per heavy atom. The van der Waals surface area contributed by atoms with Gasteiger partial charge in [0.1, 0.15) is 0 Å². The second-order valence-electron chi connectivity index (χ2n) is 6.45. The Balaban J connectivity index is 1.73. The molecule has 0 unspecified atom stereocenters. The number of fused-ring (bicyclic) bond motifs is 1. The number of para-hydroxylation sites is 2. The zero-order chi connectivity index (χ0) is 17.4. The number of carbonyl (C=O) groups is 2. The first-order chi connectivity index (χ1) is 11.4. The highest BCUT2D eigenvalue weighted by Gasteiger charge is 2.36. The van der Waals surface area contributed by atoms with Gasteiger partial charge in [-0.3, -0.25) is 18.7 Å². The van der Waals surface area contributed by atoms with E-state index < -0.39 is 11.9 Å². The van der Waals surface area contributed by atoms with E-state index in [1.807, 2.05) is 31.2 Å². The molecule has 3 rings (SSSR count). The molecule has 1 aliphatic heterocycles. The van der Waals surface area contributed by atoms with Gasteiger partial charge in [-0.25, -0.2) is 4.79 Å². The summed E-state index contributed by atoms with van der Waals surface area (Å²) in [5.41, 5.74) is 1.48. The van der Waals surface area contributed by atoms with Gasteiger partial charge in [0.2, 0.25) is 5.91 Å². The van der Waals surface area contributed by atoms with E-state index >= 15 is 0 Å². The number of benzene rings is 1. The summed E-state index contributed by atoms with van der Waals surface area (Å²) in [7, 11) is 1.71. The highest BCUT2D eigenvalue weighted by atomic mass is 16.4. The quantitative estimate of drug-likeness (QED) is 0.902. The third-order valence-electron chi connectivity index (χ3n) is 4.88. The normalized spacial score (nSPS) is 20.7. The Morgan fingerprint density at radius 1 is 1.21 bits per heavy atom. The van der Waals surface area contributed by atoms with Crippen molar-refractivity contribution in [2.45, 2.75) is 19.9 Å². The van der Waals surface area contributed by atoms with Gasteiger partial charge in [-0.15, -0.1) is 0 Å². The van der Waals surface area contributed by atoms with Crippen molar-refractivity contribution in [3.8, 4) is 0 Å². The predicted molar refractivity (Wildman–Crippen MR) is 88.7 cm³/mol. The number of likely N-dealkylation sites (tertiary alicyclic amines) is 1. The van der Waals surface area contributed by atoms with E-state index in [-0.39, 0.29) is 30.5 Å². The highest BCUT2D eigenvalue weighted by Crippen LogP contribution is 2.23. The van der Waals surface area contributed by atoms with E-state index in [4.69, 9.17) is 5.11 Å². The van der Waals surface area contributed by atoms with Gasteiger partial charge in [-0.05, 0) is 18.1 Å². The van der Waals surface area contributed by atoms with Gasteiger partial charge in [0.15, 0.2) is 0 Å². The predicted octanol–water partition coefficient (Wildman–Crippen LogP) is 0.909. The van der Waals surface area contributed by atoms with E-state index in [1.165, 1.54) is 0 Å². The molecule has 24 heavy (non-hydrogen) atoms. The summed E-state index contributed by atoms with van der Waals surface area (Å²) in [4.78, 5) is 37.5. The Morgan fingerprint density at radius 3 is 2.50 bits per heavy atom. The molecule has 0 bridgehead atoms. The molecule has 128 valence electrons. The number of aromatic nitrogens is 2. The number of aryl methyl sites for hydroxylation is 2. The monoisotopic (exact) mass is 331 g/mol. The van der Waals surface area contributed by atoms with Crippen LogP contribution >= 0.6 is 0 Å². The number of carboxylic acid groups (broad SMARTS) is 1. The van der Waals surface area contributed by atoms with E-state index in [0.29, 0.717) is 13.1 Å². The van der Waals surface area contributed by atoms with Crippen molar-refractivity contribution in [2.75, 3.05) is 13.1 Å². The highest BCUT2D eigenvalue weighted by molar-refractivity contribution is 5.79. The van der Waals surface area contributed by atoms with Gasteiger partial charge >= 0.3 is 11.7 Å². The van der Waals surface area contributed by atoms with Gasteiger partial charge in [0, 0.05) is 33.1 Å². The topological polar surface area (TPSA) is 84.5 Å². The van der Waals surface area contributed by atoms with Crippen molar-refractivity contribution >= 4 is 22.9 Å². The molecule has 0 aliphatic carbocycles. The number of hydrogen-bond acceptors (Lipinski definition) is 3. The van der Waals surface area contributed by atoms with Crippen LogP contribution in [0.15, 0.2) is 29.1 Å². The molecule has 0 saturated carbocycles. The molecule has 2 aromatic rings. The van der Waals surface area contributed by atoms with Crippen molar-refractivity contribution in [1.82, 2.24) is 14.0 Å². The van der Waals surface area contributed by atoms with E-state index in [1.54, 1.807) is 21.1 Å². The fraction of sp³-hybridized carbons (Fsp3) is 0.471. The van der Waals surface area contributed by atoms with Gasteiger partial charge in [-0.1, -0.05) is 19.1 Å². The lowest BCUT2D eigenvalue weighted by atomic mass is 9.99. The number of carbonyl (C=O) groups excluding carboxylic acids is 1. The second kappa shape index (κ2) is 6.14. The molecular weight excluding hydrogens is 310 g/mol. The Labute approximate surface area is 139 Å². The minimum atomic E-state index is -0.858. The first kappa shape index (κ1) is 16.3. The van der Waals surface area contributed by atoms with Crippen LogP contribution in [-0.2, 0) is 23.2 Å². The Kier molecular flexibility index (Phi) is 4.17. The molecule has 7 nitrogen and oxygen atoms in total. The number of hydrogen-bond donors (Lipinski definition) is 1. The molecule has 7 heteroatoms. The molecule has 1 fully saturated rings. The van der Waals surface area contributed by atoms with Crippen molar-refractivity contribution in [3.63, 3.8) is 0 Å². The third-order valence-corrected chi connectivity index (χ3v) is 4.88. The molecule has 1 saturated heterocycles. The Bertz CT molecular complexity index is 851. The maximum atomic E-state index is 12.4. The molecule has 2 heterocycles. The maximum absolute atomic E-state index is 12.4. The van der Waals surface area contributed by atoms with Crippen molar-refractivity contribution < 1.29 is 14.7 Å². The summed E-state index contributed by atoms with van der Waals surface area (Å²) in [6.07, 6.45) is 0.187. The molecule has 0 spiro atoms.